The lowest BCUT2D eigenvalue weighted by Crippen LogP contribution is -2.50. The first-order valence-corrected chi connectivity index (χ1v) is 20.0. The van der Waals surface area contributed by atoms with Crippen molar-refractivity contribution in [3.05, 3.63) is 72.3 Å². The Morgan fingerprint density at radius 3 is 2.51 bits per heavy atom. The molecular weight excluding hydrogens is 740 g/mol. The number of halogens is 3. The van der Waals surface area contributed by atoms with Crippen molar-refractivity contribution in [3.63, 3.8) is 0 Å². The van der Waals surface area contributed by atoms with Crippen molar-refractivity contribution in [1.82, 2.24) is 14.6 Å². The number of carbonyl (C=O) groups is 3. The molecule has 0 unspecified atom stereocenters. The highest BCUT2D eigenvalue weighted by Crippen LogP contribution is 2.41. The van der Waals surface area contributed by atoms with Gasteiger partial charge in [-0.1, -0.05) is 49.3 Å². The molecule has 12 nitrogen and oxygen atoms in total. The number of unbranched alkanes of at least 4 members (excludes halogenated alkanes) is 3. The summed E-state index contributed by atoms with van der Waals surface area (Å²) >= 11 is 0. The summed E-state index contributed by atoms with van der Waals surface area (Å²) in [7, 11) is -3.54. The van der Waals surface area contributed by atoms with Gasteiger partial charge in [0.2, 0.25) is 27.7 Å². The van der Waals surface area contributed by atoms with Crippen LogP contribution in [0.25, 0.3) is 33.3 Å². The Morgan fingerprint density at radius 1 is 1.05 bits per heavy atom. The lowest BCUT2D eigenvalue weighted by Gasteiger charge is -2.25. The number of benzene rings is 2. The van der Waals surface area contributed by atoms with Crippen LogP contribution < -0.4 is 20.9 Å². The highest BCUT2D eigenvalue weighted by atomic mass is 32.2. The van der Waals surface area contributed by atoms with E-state index in [1.165, 1.54) is 17.0 Å². The Morgan fingerprint density at radius 2 is 1.80 bits per heavy atom. The minimum atomic E-state index is -4.50. The number of nitrogens with one attached hydrogen (secondary N) is 1. The van der Waals surface area contributed by atoms with Gasteiger partial charge in [0.1, 0.15) is 23.2 Å². The van der Waals surface area contributed by atoms with Gasteiger partial charge in [0, 0.05) is 29.4 Å². The average molecular weight is 782 g/mol. The zero-order chi connectivity index (χ0) is 39.1. The maximum Gasteiger partial charge on any atom is 0.416 e. The highest BCUT2D eigenvalue weighted by molar-refractivity contribution is 7.90. The van der Waals surface area contributed by atoms with Crippen LogP contribution in [-0.2, 0) is 30.6 Å². The molecule has 3 amide bonds. The van der Waals surface area contributed by atoms with Crippen LogP contribution in [0.1, 0.15) is 63.4 Å². The van der Waals surface area contributed by atoms with Crippen LogP contribution in [0.3, 0.4) is 0 Å². The maximum atomic E-state index is 13.5. The van der Waals surface area contributed by atoms with Crippen molar-refractivity contribution in [2.45, 2.75) is 87.4 Å². The van der Waals surface area contributed by atoms with E-state index in [4.69, 9.17) is 25.6 Å². The Labute approximate surface area is 315 Å². The number of ether oxygens (including phenoxy) is 1. The number of amides is 3. The first-order valence-electron chi connectivity index (χ1n) is 18.4. The second-order valence-corrected chi connectivity index (χ2v) is 16.6. The number of nitrogens with zero attached hydrogens (tertiary/aromatic N) is 2. The number of alkyl halides is 3. The largest absolute Gasteiger partial charge is 0.484 e. The molecular formula is C39H42F3N5O7S. The van der Waals surface area contributed by atoms with Gasteiger partial charge in [-0.2, -0.15) is 13.2 Å². The number of pyridine rings is 1. The maximum absolute atomic E-state index is 13.5. The van der Waals surface area contributed by atoms with Gasteiger partial charge >= 0.3 is 6.18 Å². The zero-order valence-corrected chi connectivity index (χ0v) is 30.7. The third kappa shape index (κ3) is 8.64. The van der Waals surface area contributed by atoms with Crippen molar-refractivity contribution in [3.8, 4) is 17.0 Å². The van der Waals surface area contributed by atoms with Crippen molar-refractivity contribution in [2.75, 3.05) is 6.54 Å². The smallest absolute Gasteiger partial charge is 0.416 e. The summed E-state index contributed by atoms with van der Waals surface area (Å²) in [6.07, 6.45) is 4.13. The molecule has 2 aromatic heterocycles. The molecule has 2 aliphatic carbocycles. The molecule has 3 heterocycles. The number of allylic oxidation sites excluding steroid dienone is 2. The lowest BCUT2D eigenvalue weighted by molar-refractivity contribution is -0.138. The molecule has 0 bridgehead atoms. The van der Waals surface area contributed by atoms with Gasteiger partial charge in [-0.05, 0) is 68.7 Å². The molecule has 55 heavy (non-hydrogen) atoms. The van der Waals surface area contributed by atoms with E-state index in [1.807, 2.05) is 24.3 Å². The van der Waals surface area contributed by atoms with E-state index in [0.717, 1.165) is 31.4 Å². The number of carbonyl (C=O) groups excluding carboxylic acids is 3. The number of likely N-dealkylation sites (tertiary alicyclic amines) is 1. The van der Waals surface area contributed by atoms with Gasteiger partial charge in [0.15, 0.2) is 11.3 Å². The van der Waals surface area contributed by atoms with E-state index < -0.39 is 62.9 Å². The van der Waals surface area contributed by atoms with E-state index in [1.54, 1.807) is 18.2 Å². The molecule has 3 aliphatic rings. The van der Waals surface area contributed by atoms with E-state index >= 15 is 0 Å². The highest BCUT2D eigenvalue weighted by Gasteiger charge is 2.45. The number of nitrogens with two attached hydrogens (primary N) is 2. The van der Waals surface area contributed by atoms with Gasteiger partial charge < -0.3 is 25.5 Å². The summed E-state index contributed by atoms with van der Waals surface area (Å²) in [5.41, 5.74) is 13.3. The molecule has 2 saturated carbocycles. The van der Waals surface area contributed by atoms with Gasteiger partial charge in [-0.3, -0.25) is 19.1 Å². The average Bonchev–Trinajstić information content (AvgIpc) is 4.07. The molecule has 1 aliphatic heterocycles. The molecule has 5 atom stereocenters. The predicted molar refractivity (Wildman–Crippen MR) is 198 cm³/mol. The summed E-state index contributed by atoms with van der Waals surface area (Å²) in [5, 5.41) is 0.241. The molecule has 16 heteroatoms. The normalized spacial score (nSPS) is 22.0. The van der Waals surface area contributed by atoms with Crippen LogP contribution in [-0.4, -0.2) is 66.0 Å². The Hall–Kier alpha value is -4.96. The first-order chi connectivity index (χ1) is 26.2. The number of fused-ring (bicyclic) bond motifs is 3. The second kappa shape index (κ2) is 15.3. The number of aromatic nitrogens is 1. The van der Waals surface area contributed by atoms with Gasteiger partial charge in [0.05, 0.1) is 29.1 Å². The molecule has 3 fully saturated rings. The van der Waals surface area contributed by atoms with Crippen molar-refractivity contribution in [2.24, 2.45) is 23.3 Å². The summed E-state index contributed by atoms with van der Waals surface area (Å²) in [6, 6.07) is 11.5. The molecule has 1 saturated heterocycles. The third-order valence-corrected chi connectivity index (χ3v) is 12.3. The summed E-state index contributed by atoms with van der Waals surface area (Å²) < 4.78 is 78.5. The molecule has 2 aromatic carbocycles. The van der Waals surface area contributed by atoms with E-state index in [-0.39, 0.29) is 30.6 Å². The lowest BCUT2D eigenvalue weighted by atomic mass is 10.1. The van der Waals surface area contributed by atoms with Gasteiger partial charge in [-0.15, -0.1) is 0 Å². The van der Waals surface area contributed by atoms with Crippen LogP contribution in [0.5, 0.6) is 5.75 Å². The quantitative estimate of drug-likeness (QED) is 0.102. The van der Waals surface area contributed by atoms with E-state index in [0.29, 0.717) is 65.4 Å². The Balaban J connectivity index is 0.945. The second-order valence-electron chi connectivity index (χ2n) is 14.6. The topological polar surface area (TPSA) is 188 Å². The monoisotopic (exact) mass is 781 g/mol. The summed E-state index contributed by atoms with van der Waals surface area (Å²) in [4.78, 5) is 44.4. The Bertz CT molecular complexity index is 2240. The molecule has 5 N–H and O–H groups in total. The van der Waals surface area contributed by atoms with Crippen LogP contribution >= 0.6 is 0 Å². The van der Waals surface area contributed by atoms with Crippen molar-refractivity contribution < 1.29 is 45.1 Å². The fourth-order valence-electron chi connectivity index (χ4n) is 7.11. The molecule has 7 rings (SSSR count). The summed E-state index contributed by atoms with van der Waals surface area (Å²) in [5.74, 6) is -1.58. The number of para-hydroxylation sites is 1. The minimum Gasteiger partial charge on any atom is -0.484 e. The van der Waals surface area contributed by atoms with Crippen LogP contribution in [0.15, 0.2) is 71.2 Å². The van der Waals surface area contributed by atoms with E-state index in [2.05, 4.69) is 4.72 Å². The molecule has 292 valence electrons. The fraction of sp³-hybridized carbons (Fsp3) is 0.436. The standard InChI is InChI=1S/C39H42F3N5O7S/c40-39(41,42)24-14-12-22(13-15-24)30-20-33(35-34(45-30)27-9-6-7-11-32(27)54-35)53-25-19-31(36(44)48)47(21-25)38(50)29(43)10-5-3-1-2-4-8-23-18-28(23)37(49)46-55(51,52)26-16-17-26/h4,6-9,11-15,20,23,25-26,28-29,31H,1-3,5,10,16-19,21,43H2,(H2,44,48)(H,46,49)/b8-4-/t23-,25-,28+,29+,31+/m1/s1. The third-order valence-electron chi connectivity index (χ3n) is 10.4. The first kappa shape index (κ1) is 38.3. The molecule has 4 aromatic rings. The van der Waals surface area contributed by atoms with Crippen LogP contribution in [0.4, 0.5) is 13.2 Å². The van der Waals surface area contributed by atoms with Gasteiger partial charge in [0.25, 0.3) is 0 Å². The SMILES string of the molecule is NC(=O)[C@@H]1C[C@@H](Oc2cc(-c3ccc(C(F)(F)F)cc3)nc3c2oc2ccccc23)CN1C(=O)[C@@H](N)CCCCC/C=C\[C@@H]1C[C@@H]1C(=O)NS(=O)(=O)C1CC1. The predicted octanol–water partition coefficient (Wildman–Crippen LogP) is 5.58. The van der Waals surface area contributed by atoms with Crippen molar-refractivity contribution in [1.29, 1.82) is 0 Å². The van der Waals surface area contributed by atoms with Gasteiger partial charge in [-0.25, -0.2) is 13.4 Å². The summed E-state index contributed by atoms with van der Waals surface area (Å²) in [6.45, 7) is 0.0251. The number of rotatable bonds is 15. The minimum absolute atomic E-state index is 0.0251. The number of sulfonamides is 1. The van der Waals surface area contributed by atoms with Crippen LogP contribution in [0.2, 0.25) is 0 Å². The van der Waals surface area contributed by atoms with E-state index in [9.17, 15) is 36.0 Å². The zero-order valence-electron chi connectivity index (χ0n) is 29.8. The fourth-order valence-corrected chi connectivity index (χ4v) is 8.47. The Kier molecular flexibility index (Phi) is 10.7. The molecule has 0 spiro atoms. The number of hydrogen-bond donors (Lipinski definition) is 3. The number of hydrogen-bond acceptors (Lipinski definition) is 9. The van der Waals surface area contributed by atoms with Crippen molar-refractivity contribution >= 4 is 49.8 Å². The molecule has 0 radical (unpaired) electrons. The number of furan rings is 1. The van der Waals surface area contributed by atoms with Crippen LogP contribution in [0, 0.1) is 11.8 Å². The number of primary amides is 1.